The Morgan fingerprint density at radius 2 is 1.65 bits per heavy atom. The van der Waals surface area contributed by atoms with Crippen molar-refractivity contribution in [2.75, 3.05) is 26.0 Å². The predicted molar refractivity (Wildman–Crippen MR) is 143 cm³/mol. The number of para-hydroxylation sites is 1. The van der Waals surface area contributed by atoms with Crippen molar-refractivity contribution in [2.45, 2.75) is 19.3 Å². The van der Waals surface area contributed by atoms with E-state index in [1.54, 1.807) is 0 Å². The molecule has 2 heterocycles. The molecule has 0 spiro atoms. The van der Waals surface area contributed by atoms with Gasteiger partial charge in [-0.2, -0.15) is 4.58 Å². The van der Waals surface area contributed by atoms with Gasteiger partial charge in [-0.25, -0.2) is 0 Å². The molecule has 2 aliphatic rings. The minimum atomic E-state index is -0.0421. The molecule has 5 rings (SSSR count). The smallest absolute Gasteiger partial charge is 0.209 e. The van der Waals surface area contributed by atoms with Crippen LogP contribution in [0.2, 0.25) is 0 Å². The molecular weight excluding hydrogens is 416 g/mol. The van der Waals surface area contributed by atoms with E-state index in [9.17, 15) is 0 Å². The number of nitrogens with zero attached hydrogens (tertiary/aromatic N) is 2. The van der Waals surface area contributed by atoms with E-state index in [2.05, 4.69) is 109 Å². The number of allylic oxidation sites excluding steroid dienone is 5. The summed E-state index contributed by atoms with van der Waals surface area (Å²) in [6.07, 6.45) is 8.75. The van der Waals surface area contributed by atoms with Gasteiger partial charge in [0.25, 0.3) is 0 Å². The first kappa shape index (κ1) is 22.0. The molecule has 3 aromatic rings. The van der Waals surface area contributed by atoms with Gasteiger partial charge in [0.15, 0.2) is 5.71 Å². The summed E-state index contributed by atoms with van der Waals surface area (Å²) in [6.45, 7) is 4.59. The summed E-state index contributed by atoms with van der Waals surface area (Å²) in [5.74, 6) is 1.74. The fraction of sp³-hybridized carbons (Fsp3) is 0.194. The van der Waals surface area contributed by atoms with E-state index in [0.29, 0.717) is 0 Å². The Balaban J connectivity index is 1.56. The van der Waals surface area contributed by atoms with Crippen molar-refractivity contribution < 1.29 is 9.31 Å². The summed E-state index contributed by atoms with van der Waals surface area (Å²) in [7, 11) is 6.25. The van der Waals surface area contributed by atoms with Crippen LogP contribution < -0.4 is 9.64 Å². The van der Waals surface area contributed by atoms with Crippen LogP contribution in [0, 0.1) is 0 Å². The Hall–Kier alpha value is -3.85. The third kappa shape index (κ3) is 3.77. The van der Waals surface area contributed by atoms with E-state index in [0.717, 1.165) is 33.9 Å². The first-order chi connectivity index (χ1) is 16.4. The average Bonchev–Trinajstić information content (AvgIpc) is 3.04. The maximum Gasteiger partial charge on any atom is 0.209 e. The van der Waals surface area contributed by atoms with Crippen molar-refractivity contribution in [3.63, 3.8) is 0 Å². The number of fused-ring (bicyclic) bond motifs is 2. The van der Waals surface area contributed by atoms with Gasteiger partial charge in [0.2, 0.25) is 5.69 Å². The molecule has 34 heavy (non-hydrogen) atoms. The lowest BCUT2D eigenvalue weighted by Gasteiger charge is -2.23. The molecule has 3 aromatic carbocycles. The topological polar surface area (TPSA) is 15.5 Å². The highest BCUT2D eigenvalue weighted by Crippen LogP contribution is 2.40. The molecular formula is C31H31N2O+. The van der Waals surface area contributed by atoms with Gasteiger partial charge in [0, 0.05) is 54.7 Å². The van der Waals surface area contributed by atoms with Crippen molar-refractivity contribution in [3.05, 3.63) is 114 Å². The second-order valence-electron chi connectivity index (χ2n) is 9.62. The van der Waals surface area contributed by atoms with Crippen LogP contribution in [-0.4, -0.2) is 31.4 Å². The van der Waals surface area contributed by atoms with Crippen LogP contribution in [0.25, 0.3) is 11.3 Å². The lowest BCUT2D eigenvalue weighted by atomic mass is 9.81. The molecule has 0 unspecified atom stereocenters. The van der Waals surface area contributed by atoms with Gasteiger partial charge in [0.05, 0.1) is 5.41 Å². The van der Waals surface area contributed by atoms with Crippen molar-refractivity contribution in [2.24, 2.45) is 0 Å². The molecule has 170 valence electrons. The zero-order chi connectivity index (χ0) is 23.9. The van der Waals surface area contributed by atoms with Crippen molar-refractivity contribution in [1.82, 2.24) is 0 Å². The number of hydrogen-bond donors (Lipinski definition) is 0. The molecule has 0 radical (unpaired) electrons. The summed E-state index contributed by atoms with van der Waals surface area (Å²) >= 11 is 0. The van der Waals surface area contributed by atoms with Crippen LogP contribution in [0.3, 0.4) is 0 Å². The SMILES string of the molecule is CN(C)c1ccc2c(c1)OC(c1ccccc1)=C/C2=C\C=C\C1=[N+](C)c2ccccc2C1(C)C. The standard InChI is InChI=1S/C31H31N2O/c1-31(2)26-15-9-10-16-27(26)33(5)30(31)17-11-14-23-20-28(22-12-7-6-8-13-22)34-29-21-24(32(3)4)18-19-25(23)29/h6-21H,1-5H3/q+1. The fourth-order valence-corrected chi connectivity index (χ4v) is 4.91. The Bertz CT molecular complexity index is 1370. The molecule has 0 aliphatic carbocycles. The monoisotopic (exact) mass is 447 g/mol. The van der Waals surface area contributed by atoms with Crippen molar-refractivity contribution >= 4 is 28.4 Å². The van der Waals surface area contributed by atoms with E-state index in [-0.39, 0.29) is 5.41 Å². The van der Waals surface area contributed by atoms with Crippen LogP contribution >= 0.6 is 0 Å². The molecule has 0 saturated heterocycles. The lowest BCUT2D eigenvalue weighted by molar-refractivity contribution is -0.401. The highest BCUT2D eigenvalue weighted by atomic mass is 16.5. The highest BCUT2D eigenvalue weighted by molar-refractivity contribution is 6.03. The zero-order valence-electron chi connectivity index (χ0n) is 20.5. The van der Waals surface area contributed by atoms with Crippen LogP contribution in [-0.2, 0) is 5.41 Å². The second-order valence-corrected chi connectivity index (χ2v) is 9.62. The van der Waals surface area contributed by atoms with Crippen LogP contribution in [0.4, 0.5) is 11.4 Å². The van der Waals surface area contributed by atoms with Gasteiger partial charge >= 0.3 is 0 Å². The van der Waals surface area contributed by atoms with Gasteiger partial charge in [0.1, 0.15) is 18.6 Å². The third-order valence-corrected chi connectivity index (χ3v) is 6.83. The maximum absolute atomic E-state index is 6.37. The molecule has 0 aromatic heterocycles. The largest absolute Gasteiger partial charge is 0.456 e. The minimum Gasteiger partial charge on any atom is -0.456 e. The van der Waals surface area contributed by atoms with Gasteiger partial charge in [-0.1, -0.05) is 60.7 Å². The number of anilines is 1. The van der Waals surface area contributed by atoms with Gasteiger partial charge in [-0.3, -0.25) is 0 Å². The number of hydrogen-bond acceptors (Lipinski definition) is 2. The normalized spacial score (nSPS) is 17.4. The summed E-state index contributed by atoms with van der Waals surface area (Å²) in [4.78, 5) is 2.10. The number of ether oxygens (including phenoxy) is 1. The summed E-state index contributed by atoms with van der Waals surface area (Å²) in [6, 6.07) is 25.4. The van der Waals surface area contributed by atoms with E-state index in [4.69, 9.17) is 4.74 Å². The number of benzene rings is 3. The Morgan fingerprint density at radius 1 is 0.912 bits per heavy atom. The molecule has 0 bridgehead atoms. The molecule has 0 atom stereocenters. The van der Waals surface area contributed by atoms with E-state index < -0.39 is 0 Å². The van der Waals surface area contributed by atoms with Crippen LogP contribution in [0.1, 0.15) is 30.5 Å². The maximum atomic E-state index is 6.37. The molecule has 0 saturated carbocycles. The molecule has 2 aliphatic heterocycles. The van der Waals surface area contributed by atoms with Gasteiger partial charge in [-0.15, -0.1) is 0 Å². The Kier molecular flexibility index (Phi) is 5.49. The zero-order valence-corrected chi connectivity index (χ0v) is 20.5. The molecule has 3 heteroatoms. The summed E-state index contributed by atoms with van der Waals surface area (Å²) in [5.41, 5.74) is 8.31. The molecule has 0 N–H and O–H groups in total. The minimum absolute atomic E-state index is 0.0421. The Labute approximate surface area is 202 Å². The molecule has 0 fully saturated rings. The van der Waals surface area contributed by atoms with Crippen molar-refractivity contribution in [3.8, 4) is 5.75 Å². The second kappa shape index (κ2) is 8.49. The molecule has 3 nitrogen and oxygen atoms in total. The van der Waals surface area contributed by atoms with E-state index in [1.165, 1.54) is 17.0 Å². The van der Waals surface area contributed by atoms with Gasteiger partial charge in [-0.05, 0) is 37.6 Å². The Morgan fingerprint density at radius 3 is 2.38 bits per heavy atom. The highest BCUT2D eigenvalue weighted by Gasteiger charge is 2.42. The van der Waals surface area contributed by atoms with Crippen LogP contribution in [0.5, 0.6) is 5.75 Å². The fourth-order valence-electron chi connectivity index (χ4n) is 4.91. The first-order valence-corrected chi connectivity index (χ1v) is 11.7. The van der Waals surface area contributed by atoms with Crippen molar-refractivity contribution in [1.29, 1.82) is 0 Å². The third-order valence-electron chi connectivity index (χ3n) is 6.83. The summed E-state index contributed by atoms with van der Waals surface area (Å²) in [5, 5.41) is 0. The van der Waals surface area contributed by atoms with E-state index in [1.807, 2.05) is 32.3 Å². The average molecular weight is 448 g/mol. The summed E-state index contributed by atoms with van der Waals surface area (Å²) < 4.78 is 8.67. The quantitative estimate of drug-likeness (QED) is 0.407. The first-order valence-electron chi connectivity index (χ1n) is 11.7. The number of rotatable bonds is 4. The van der Waals surface area contributed by atoms with Gasteiger partial charge < -0.3 is 9.64 Å². The predicted octanol–water partition coefficient (Wildman–Crippen LogP) is 6.83. The molecule has 0 amide bonds. The lowest BCUT2D eigenvalue weighted by Crippen LogP contribution is -2.26. The van der Waals surface area contributed by atoms with Crippen LogP contribution in [0.15, 0.2) is 97.1 Å². The van der Waals surface area contributed by atoms with E-state index >= 15 is 0 Å².